The second kappa shape index (κ2) is 7.03. The summed E-state index contributed by atoms with van der Waals surface area (Å²) in [6.45, 7) is 4.49. The van der Waals surface area contributed by atoms with Crippen LogP contribution in [0.4, 0.5) is 0 Å². The summed E-state index contributed by atoms with van der Waals surface area (Å²) in [7, 11) is 0. The van der Waals surface area contributed by atoms with Gasteiger partial charge in [-0.1, -0.05) is 6.07 Å². The number of phenolic OH excluding ortho intramolecular Hbond substituents is 1. The molecule has 4 heteroatoms. The van der Waals surface area contributed by atoms with Crippen molar-refractivity contribution in [1.29, 1.82) is 0 Å². The summed E-state index contributed by atoms with van der Waals surface area (Å²) in [5, 5.41) is 16.9. The second-order valence-corrected chi connectivity index (χ2v) is 6.43. The molecule has 2 aliphatic carbocycles. The van der Waals surface area contributed by atoms with Crippen LogP contribution in [-0.2, 0) is 19.4 Å². The number of hydrogen-bond donors (Lipinski definition) is 3. The molecular weight excluding hydrogens is 274 g/mol. The van der Waals surface area contributed by atoms with Crippen LogP contribution in [0.15, 0.2) is 17.1 Å². The van der Waals surface area contributed by atoms with E-state index < -0.39 is 0 Å². The minimum Gasteiger partial charge on any atom is -0.508 e. The molecule has 0 heterocycles. The minimum absolute atomic E-state index is 0.391. The minimum atomic E-state index is 0.391. The first-order valence-electron chi connectivity index (χ1n) is 8.62. The fraction of sp³-hybridized carbons (Fsp3) is 0.611. The molecule has 1 fully saturated rings. The Balaban J connectivity index is 1.73. The van der Waals surface area contributed by atoms with E-state index in [1.807, 2.05) is 6.07 Å². The Kier molecular flexibility index (Phi) is 4.86. The molecule has 0 unspecified atom stereocenters. The van der Waals surface area contributed by atoms with Crippen molar-refractivity contribution in [2.75, 3.05) is 13.1 Å². The van der Waals surface area contributed by atoms with Crippen LogP contribution in [-0.4, -0.2) is 24.2 Å². The summed E-state index contributed by atoms with van der Waals surface area (Å²) >= 11 is 0. The Labute approximate surface area is 133 Å². The zero-order valence-corrected chi connectivity index (χ0v) is 13.5. The van der Waals surface area contributed by atoms with Gasteiger partial charge >= 0.3 is 0 Å². The third-order valence-electron chi connectivity index (χ3n) is 4.62. The lowest BCUT2D eigenvalue weighted by atomic mass is 9.88. The molecular formula is C18H27N3O. The van der Waals surface area contributed by atoms with Crippen LogP contribution in [0.3, 0.4) is 0 Å². The molecule has 1 saturated carbocycles. The second-order valence-electron chi connectivity index (χ2n) is 6.43. The van der Waals surface area contributed by atoms with Gasteiger partial charge < -0.3 is 15.7 Å². The molecule has 4 nitrogen and oxygen atoms in total. The molecule has 0 radical (unpaired) electrons. The Morgan fingerprint density at radius 2 is 2.05 bits per heavy atom. The molecule has 2 aliphatic rings. The van der Waals surface area contributed by atoms with E-state index in [0.717, 1.165) is 43.4 Å². The molecule has 22 heavy (non-hydrogen) atoms. The van der Waals surface area contributed by atoms with Gasteiger partial charge in [0.05, 0.1) is 6.54 Å². The van der Waals surface area contributed by atoms with Crippen LogP contribution in [0.25, 0.3) is 0 Å². The normalized spacial score (nSPS) is 18.0. The van der Waals surface area contributed by atoms with E-state index in [1.54, 1.807) is 0 Å². The van der Waals surface area contributed by atoms with Gasteiger partial charge in [0.1, 0.15) is 5.75 Å². The van der Waals surface area contributed by atoms with Crippen molar-refractivity contribution >= 4 is 5.96 Å². The molecule has 0 saturated heterocycles. The lowest BCUT2D eigenvalue weighted by Gasteiger charge is -2.20. The van der Waals surface area contributed by atoms with Gasteiger partial charge in [0.25, 0.3) is 0 Å². The van der Waals surface area contributed by atoms with Crippen LogP contribution in [0.2, 0.25) is 0 Å². The number of rotatable bonds is 5. The quantitative estimate of drug-likeness (QED) is 0.579. The van der Waals surface area contributed by atoms with Gasteiger partial charge in [0, 0.05) is 18.7 Å². The Morgan fingerprint density at radius 3 is 2.82 bits per heavy atom. The monoisotopic (exact) mass is 301 g/mol. The molecule has 1 aromatic carbocycles. The molecule has 0 aliphatic heterocycles. The van der Waals surface area contributed by atoms with Crippen molar-refractivity contribution in [3.63, 3.8) is 0 Å². The SMILES string of the molecule is CCNC(=NCc1c(O)ccc2c1CCCC2)NCC1CC1. The molecule has 0 bridgehead atoms. The molecule has 0 atom stereocenters. The first-order valence-corrected chi connectivity index (χ1v) is 8.62. The van der Waals surface area contributed by atoms with E-state index in [0.29, 0.717) is 12.3 Å². The Morgan fingerprint density at radius 1 is 1.23 bits per heavy atom. The van der Waals surface area contributed by atoms with E-state index in [-0.39, 0.29) is 0 Å². The first kappa shape index (κ1) is 15.2. The number of fused-ring (bicyclic) bond motifs is 1. The van der Waals surface area contributed by atoms with Crippen molar-refractivity contribution in [2.24, 2.45) is 10.9 Å². The lowest BCUT2D eigenvalue weighted by Crippen LogP contribution is -2.38. The van der Waals surface area contributed by atoms with Gasteiger partial charge in [0.15, 0.2) is 5.96 Å². The summed E-state index contributed by atoms with van der Waals surface area (Å²) in [6.07, 6.45) is 7.34. The average Bonchev–Trinajstić information content (AvgIpc) is 3.35. The largest absolute Gasteiger partial charge is 0.508 e. The lowest BCUT2D eigenvalue weighted by molar-refractivity contribution is 0.465. The molecule has 3 rings (SSSR count). The van der Waals surface area contributed by atoms with Gasteiger partial charge in [-0.15, -0.1) is 0 Å². The molecule has 0 aromatic heterocycles. The van der Waals surface area contributed by atoms with E-state index in [1.165, 1.54) is 36.8 Å². The van der Waals surface area contributed by atoms with Crippen molar-refractivity contribution < 1.29 is 5.11 Å². The predicted octanol–water partition coefficient (Wildman–Crippen LogP) is 2.74. The summed E-state index contributed by atoms with van der Waals surface area (Å²) in [6, 6.07) is 3.91. The smallest absolute Gasteiger partial charge is 0.191 e. The fourth-order valence-corrected chi connectivity index (χ4v) is 3.13. The Hall–Kier alpha value is -1.71. The van der Waals surface area contributed by atoms with Crippen LogP contribution < -0.4 is 10.6 Å². The highest BCUT2D eigenvalue weighted by Gasteiger charge is 2.21. The van der Waals surface area contributed by atoms with Crippen LogP contribution in [0.5, 0.6) is 5.75 Å². The maximum absolute atomic E-state index is 10.2. The van der Waals surface area contributed by atoms with Gasteiger partial charge in [-0.2, -0.15) is 0 Å². The molecule has 0 spiro atoms. The van der Waals surface area contributed by atoms with Gasteiger partial charge in [-0.25, -0.2) is 4.99 Å². The number of hydrogen-bond acceptors (Lipinski definition) is 2. The summed E-state index contributed by atoms with van der Waals surface area (Å²) in [5.41, 5.74) is 3.74. The standard InChI is InChI=1S/C18H27N3O/c1-2-19-18(20-11-13-7-8-13)21-12-16-15-6-4-3-5-14(15)9-10-17(16)22/h9-10,13,22H,2-8,11-12H2,1H3,(H2,19,20,21). The predicted molar refractivity (Wildman–Crippen MR) is 90.3 cm³/mol. The molecule has 1 aromatic rings. The third-order valence-corrected chi connectivity index (χ3v) is 4.62. The topological polar surface area (TPSA) is 56.7 Å². The van der Waals surface area contributed by atoms with E-state index >= 15 is 0 Å². The number of phenols is 1. The maximum Gasteiger partial charge on any atom is 0.191 e. The highest BCUT2D eigenvalue weighted by atomic mass is 16.3. The highest BCUT2D eigenvalue weighted by molar-refractivity contribution is 5.79. The first-order chi connectivity index (χ1) is 10.8. The number of aromatic hydroxyl groups is 1. The summed E-state index contributed by atoms with van der Waals surface area (Å²) in [4.78, 5) is 4.69. The number of nitrogens with one attached hydrogen (secondary N) is 2. The van der Waals surface area contributed by atoms with E-state index in [9.17, 15) is 5.11 Å². The molecule has 0 amide bonds. The van der Waals surface area contributed by atoms with Crippen molar-refractivity contribution in [3.8, 4) is 5.75 Å². The molecule has 3 N–H and O–H groups in total. The number of aliphatic imine (C=N–C) groups is 1. The van der Waals surface area contributed by atoms with Crippen LogP contribution in [0, 0.1) is 5.92 Å². The van der Waals surface area contributed by atoms with E-state index in [2.05, 4.69) is 28.6 Å². The summed E-state index contributed by atoms with van der Waals surface area (Å²) < 4.78 is 0. The van der Waals surface area contributed by atoms with Crippen molar-refractivity contribution in [1.82, 2.24) is 10.6 Å². The van der Waals surface area contributed by atoms with Crippen molar-refractivity contribution in [3.05, 3.63) is 28.8 Å². The molecule has 120 valence electrons. The van der Waals surface area contributed by atoms with Crippen molar-refractivity contribution in [2.45, 2.75) is 52.0 Å². The summed E-state index contributed by atoms with van der Waals surface area (Å²) in [5.74, 6) is 2.08. The van der Waals surface area contributed by atoms with Gasteiger partial charge in [0.2, 0.25) is 0 Å². The number of guanidine groups is 1. The fourth-order valence-electron chi connectivity index (χ4n) is 3.13. The zero-order valence-electron chi connectivity index (χ0n) is 13.5. The highest BCUT2D eigenvalue weighted by Crippen LogP contribution is 2.31. The average molecular weight is 301 g/mol. The van der Waals surface area contributed by atoms with Gasteiger partial charge in [-0.05, 0) is 68.6 Å². The van der Waals surface area contributed by atoms with Gasteiger partial charge in [-0.3, -0.25) is 0 Å². The maximum atomic E-state index is 10.2. The van der Waals surface area contributed by atoms with Crippen LogP contribution >= 0.6 is 0 Å². The van der Waals surface area contributed by atoms with E-state index in [4.69, 9.17) is 0 Å². The third kappa shape index (κ3) is 3.73. The number of benzene rings is 1. The van der Waals surface area contributed by atoms with Crippen LogP contribution in [0.1, 0.15) is 49.3 Å². The Bertz CT molecular complexity index is 550. The number of aryl methyl sites for hydroxylation is 1. The number of nitrogens with zero attached hydrogens (tertiary/aromatic N) is 1. The zero-order chi connectivity index (χ0) is 15.4.